The summed E-state index contributed by atoms with van der Waals surface area (Å²) >= 11 is 4.32. The average molecular weight is 206 g/mol. The zero-order valence-electron chi connectivity index (χ0n) is 6.51. The second kappa shape index (κ2) is 8.63. The Bertz CT molecular complexity index is 252. The SMILES string of the molecule is O.O=CCl.O=[N+]([O-])c1ccccc1. The van der Waals surface area contributed by atoms with E-state index >= 15 is 0 Å². The smallest absolute Gasteiger partial charge is 0.269 e. The van der Waals surface area contributed by atoms with E-state index in [-0.39, 0.29) is 16.9 Å². The maximum absolute atomic E-state index is 10.0. The second-order valence-corrected chi connectivity index (χ2v) is 1.86. The van der Waals surface area contributed by atoms with Gasteiger partial charge in [-0.15, -0.1) is 0 Å². The van der Waals surface area contributed by atoms with Crippen molar-refractivity contribution in [2.75, 3.05) is 0 Å². The number of carbonyl (C=O) groups excluding carboxylic acids is 1. The van der Waals surface area contributed by atoms with E-state index in [9.17, 15) is 10.1 Å². The maximum atomic E-state index is 10.0. The number of para-hydroxylation sites is 1. The van der Waals surface area contributed by atoms with Gasteiger partial charge < -0.3 is 5.48 Å². The number of non-ortho nitro benzene ring substituents is 1. The number of hydrogen-bond donors (Lipinski definition) is 0. The van der Waals surface area contributed by atoms with E-state index in [1.54, 1.807) is 18.2 Å². The monoisotopic (exact) mass is 205 g/mol. The first-order valence-electron chi connectivity index (χ1n) is 2.95. The van der Waals surface area contributed by atoms with Crippen molar-refractivity contribution in [1.29, 1.82) is 0 Å². The van der Waals surface area contributed by atoms with Crippen LogP contribution < -0.4 is 0 Å². The molecule has 1 aromatic rings. The number of carbonyl (C=O) groups is 1. The van der Waals surface area contributed by atoms with Crippen LogP contribution in [0.4, 0.5) is 5.69 Å². The number of benzene rings is 1. The average Bonchev–Trinajstić information content (AvgIpc) is 2.07. The summed E-state index contributed by atoms with van der Waals surface area (Å²) in [6.07, 6.45) is 0. The molecule has 0 fully saturated rings. The molecule has 1 aromatic carbocycles. The molecular weight excluding hydrogens is 198 g/mol. The molecule has 0 heterocycles. The molecular formula is C7H8ClNO4. The van der Waals surface area contributed by atoms with Gasteiger partial charge in [0.15, 0.2) is 0 Å². The van der Waals surface area contributed by atoms with Gasteiger partial charge in [0.1, 0.15) is 0 Å². The lowest BCUT2D eigenvalue weighted by atomic mass is 10.3. The maximum Gasteiger partial charge on any atom is 0.269 e. The third-order valence-corrected chi connectivity index (χ3v) is 0.967. The second-order valence-electron chi connectivity index (χ2n) is 1.68. The molecule has 0 unspecified atom stereocenters. The number of rotatable bonds is 1. The molecule has 0 saturated heterocycles. The minimum Gasteiger partial charge on any atom is -0.412 e. The van der Waals surface area contributed by atoms with Crippen molar-refractivity contribution in [1.82, 2.24) is 0 Å². The van der Waals surface area contributed by atoms with Crippen LogP contribution in [-0.2, 0) is 4.79 Å². The molecule has 0 aliphatic carbocycles. The number of nitrogens with zero attached hydrogens (tertiary/aromatic N) is 1. The summed E-state index contributed by atoms with van der Waals surface area (Å²) in [5, 5.41) is 10.0. The van der Waals surface area contributed by atoms with Crippen LogP contribution in [0.15, 0.2) is 30.3 Å². The van der Waals surface area contributed by atoms with Crippen molar-refractivity contribution in [3.05, 3.63) is 40.4 Å². The fourth-order valence-electron chi connectivity index (χ4n) is 0.550. The molecule has 0 spiro atoms. The van der Waals surface area contributed by atoms with Crippen LogP contribution in [0.2, 0.25) is 0 Å². The Kier molecular flexibility index (Phi) is 9.36. The summed E-state index contributed by atoms with van der Waals surface area (Å²) in [7, 11) is 0. The van der Waals surface area contributed by atoms with E-state index in [1.165, 1.54) is 12.1 Å². The summed E-state index contributed by atoms with van der Waals surface area (Å²) in [6.45, 7) is 0. The molecule has 2 N–H and O–H groups in total. The number of nitro benzene ring substituents is 1. The Labute approximate surface area is 79.4 Å². The summed E-state index contributed by atoms with van der Waals surface area (Å²) in [5.74, 6) is 0.222. The first-order chi connectivity index (χ1) is 5.72. The lowest BCUT2D eigenvalue weighted by Gasteiger charge is -1.85. The standard InChI is InChI=1S/C6H5NO2.CHClO.H2O/c8-7(9)6-4-2-1-3-5-6;2-1-3;/h1-5H;1H;1H2. The van der Waals surface area contributed by atoms with Gasteiger partial charge in [-0.05, 0) is 11.6 Å². The topological polar surface area (TPSA) is 91.7 Å². The molecule has 1 rings (SSSR count). The minimum atomic E-state index is -0.417. The summed E-state index contributed by atoms with van der Waals surface area (Å²) in [5.41, 5.74) is 0.137. The van der Waals surface area contributed by atoms with Crippen LogP contribution in [0, 0.1) is 10.1 Å². The molecule has 0 saturated carbocycles. The van der Waals surface area contributed by atoms with Crippen molar-refractivity contribution in [3.8, 4) is 0 Å². The van der Waals surface area contributed by atoms with Crippen LogP contribution in [0.25, 0.3) is 0 Å². The van der Waals surface area contributed by atoms with Crippen molar-refractivity contribution < 1.29 is 15.2 Å². The third-order valence-electron chi connectivity index (χ3n) is 0.967. The number of hydrogen-bond acceptors (Lipinski definition) is 3. The lowest BCUT2D eigenvalue weighted by molar-refractivity contribution is -0.384. The van der Waals surface area contributed by atoms with E-state index in [0.717, 1.165) is 0 Å². The van der Waals surface area contributed by atoms with Gasteiger partial charge in [0.25, 0.3) is 5.69 Å². The van der Waals surface area contributed by atoms with Crippen LogP contribution in [0.5, 0.6) is 0 Å². The van der Waals surface area contributed by atoms with Crippen molar-refractivity contribution in [2.24, 2.45) is 0 Å². The molecule has 0 aromatic heterocycles. The van der Waals surface area contributed by atoms with Gasteiger partial charge >= 0.3 is 0 Å². The van der Waals surface area contributed by atoms with Gasteiger partial charge in [0.2, 0.25) is 5.75 Å². The molecule has 0 amide bonds. The van der Waals surface area contributed by atoms with E-state index < -0.39 is 4.92 Å². The lowest BCUT2D eigenvalue weighted by Crippen LogP contribution is -1.84. The highest BCUT2D eigenvalue weighted by Crippen LogP contribution is 2.06. The van der Waals surface area contributed by atoms with E-state index in [1.807, 2.05) is 0 Å². The highest BCUT2D eigenvalue weighted by Gasteiger charge is 1.98. The van der Waals surface area contributed by atoms with Crippen LogP contribution in [-0.4, -0.2) is 16.1 Å². The predicted octanol–water partition coefficient (Wildman–Crippen LogP) is 1.19. The van der Waals surface area contributed by atoms with Gasteiger partial charge in [0.05, 0.1) is 4.92 Å². The normalized spacial score (nSPS) is 7.15. The molecule has 13 heavy (non-hydrogen) atoms. The molecule has 0 aliphatic rings. The van der Waals surface area contributed by atoms with Crippen LogP contribution >= 0.6 is 11.6 Å². The Balaban J connectivity index is 0. The fourth-order valence-corrected chi connectivity index (χ4v) is 0.550. The zero-order chi connectivity index (χ0) is 9.40. The van der Waals surface area contributed by atoms with Crippen LogP contribution in [0.3, 0.4) is 0 Å². The molecule has 0 atom stereocenters. The van der Waals surface area contributed by atoms with Crippen molar-refractivity contribution in [2.45, 2.75) is 0 Å². The first-order valence-corrected chi connectivity index (χ1v) is 3.39. The van der Waals surface area contributed by atoms with Gasteiger partial charge in [-0.3, -0.25) is 14.9 Å². The Hall–Kier alpha value is -1.46. The van der Waals surface area contributed by atoms with Crippen molar-refractivity contribution >= 4 is 23.0 Å². The Morgan fingerprint density at radius 1 is 1.31 bits per heavy atom. The third kappa shape index (κ3) is 6.92. The zero-order valence-corrected chi connectivity index (χ0v) is 7.27. The summed E-state index contributed by atoms with van der Waals surface area (Å²) < 4.78 is 0. The van der Waals surface area contributed by atoms with Gasteiger partial charge in [-0.1, -0.05) is 18.2 Å². The predicted molar refractivity (Wildman–Crippen MR) is 49.3 cm³/mol. The minimum absolute atomic E-state index is 0. The Morgan fingerprint density at radius 3 is 1.92 bits per heavy atom. The highest BCUT2D eigenvalue weighted by atomic mass is 35.5. The first kappa shape index (κ1) is 14.1. The molecule has 6 heteroatoms. The van der Waals surface area contributed by atoms with E-state index in [0.29, 0.717) is 0 Å². The molecule has 0 bridgehead atoms. The quantitative estimate of drug-likeness (QED) is 0.298. The number of nitro groups is 1. The van der Waals surface area contributed by atoms with E-state index in [2.05, 4.69) is 11.6 Å². The molecule has 0 aliphatic heterocycles. The van der Waals surface area contributed by atoms with E-state index in [4.69, 9.17) is 4.79 Å². The molecule has 0 radical (unpaired) electrons. The Morgan fingerprint density at radius 2 is 1.69 bits per heavy atom. The molecule has 72 valence electrons. The van der Waals surface area contributed by atoms with Gasteiger partial charge in [-0.25, -0.2) is 0 Å². The van der Waals surface area contributed by atoms with Gasteiger partial charge in [-0.2, -0.15) is 0 Å². The fraction of sp³-hybridized carbons (Fsp3) is 0. The molecule has 5 nitrogen and oxygen atoms in total. The highest BCUT2D eigenvalue weighted by molar-refractivity contribution is 6.54. The summed E-state index contributed by atoms with van der Waals surface area (Å²) in [4.78, 5) is 18.2. The number of halogens is 1. The summed E-state index contributed by atoms with van der Waals surface area (Å²) in [6, 6.07) is 7.93. The van der Waals surface area contributed by atoms with Crippen molar-refractivity contribution in [3.63, 3.8) is 0 Å². The largest absolute Gasteiger partial charge is 0.412 e. The van der Waals surface area contributed by atoms with Crippen LogP contribution in [0.1, 0.15) is 0 Å². The van der Waals surface area contributed by atoms with Gasteiger partial charge in [0, 0.05) is 12.1 Å².